The lowest BCUT2D eigenvalue weighted by atomic mass is 10.0. The van der Waals surface area contributed by atoms with E-state index in [1.165, 1.54) is 24.1 Å². The molecule has 98 valence electrons. The first-order valence-electron chi connectivity index (χ1n) is 6.25. The monoisotopic (exact) mass is 243 g/mol. The summed E-state index contributed by atoms with van der Waals surface area (Å²) in [6, 6.07) is 8.72. The predicted octanol–water partition coefficient (Wildman–Crippen LogP) is 4.23. The zero-order valence-corrected chi connectivity index (χ0v) is 11.7. The van der Waals surface area contributed by atoms with E-state index in [1.54, 1.807) is 18.2 Å². The Balaban J connectivity index is 0.000000351. The van der Waals surface area contributed by atoms with E-state index < -0.39 is 0 Å². The third-order valence-corrected chi connectivity index (χ3v) is 2.49. The molecule has 1 aromatic carbocycles. The van der Waals surface area contributed by atoms with Crippen molar-refractivity contribution in [3.63, 3.8) is 0 Å². The summed E-state index contributed by atoms with van der Waals surface area (Å²) in [5, 5.41) is 0. The van der Waals surface area contributed by atoms with Crippen molar-refractivity contribution in [3.8, 4) is 0 Å². The molecule has 0 N–H and O–H groups in total. The number of rotatable bonds is 1. The van der Waals surface area contributed by atoms with E-state index in [0.29, 0.717) is 0 Å². The van der Waals surface area contributed by atoms with Crippen molar-refractivity contribution in [3.05, 3.63) is 73.4 Å². The van der Waals surface area contributed by atoms with Crippen LogP contribution in [0.25, 0.3) is 0 Å². The molecule has 0 bridgehead atoms. The van der Waals surface area contributed by atoms with Gasteiger partial charge in [0.1, 0.15) is 0 Å². The minimum Gasteiger partial charge on any atom is -0.302 e. The first-order valence-corrected chi connectivity index (χ1v) is 6.25. The van der Waals surface area contributed by atoms with Crippen LogP contribution in [0.4, 0.5) is 0 Å². The van der Waals surface area contributed by atoms with Crippen LogP contribution in [0.15, 0.2) is 62.2 Å². The van der Waals surface area contributed by atoms with E-state index in [1.807, 2.05) is 6.92 Å². The van der Waals surface area contributed by atoms with Gasteiger partial charge in [0.05, 0.1) is 0 Å². The summed E-state index contributed by atoms with van der Waals surface area (Å²) >= 11 is 0. The Kier molecular flexibility index (Phi) is 9.61. The molecule has 1 aromatic rings. The van der Waals surface area contributed by atoms with Crippen molar-refractivity contribution in [2.75, 3.05) is 13.6 Å². The van der Waals surface area contributed by atoms with Crippen molar-refractivity contribution in [1.82, 2.24) is 4.90 Å². The molecule has 0 atom stereocenters. The predicted molar refractivity (Wildman–Crippen MR) is 82.7 cm³/mol. The first-order chi connectivity index (χ1) is 8.69. The molecule has 0 saturated heterocycles. The van der Waals surface area contributed by atoms with Crippen molar-refractivity contribution in [2.45, 2.75) is 19.9 Å². The highest BCUT2D eigenvalue weighted by atomic mass is 15.1. The Labute approximate surface area is 112 Å². The van der Waals surface area contributed by atoms with Gasteiger partial charge in [-0.3, -0.25) is 0 Å². The Morgan fingerprint density at radius 2 is 1.56 bits per heavy atom. The van der Waals surface area contributed by atoms with Gasteiger partial charge in [-0.1, -0.05) is 55.7 Å². The second-order valence-corrected chi connectivity index (χ2v) is 4.14. The van der Waals surface area contributed by atoms with Gasteiger partial charge in [0, 0.05) is 13.1 Å². The minimum absolute atomic E-state index is 1.12. The summed E-state index contributed by atoms with van der Waals surface area (Å²) in [6.45, 7) is 14.3. The van der Waals surface area contributed by atoms with Gasteiger partial charge in [-0.2, -0.15) is 0 Å². The molecular formula is C17H25N. The summed E-state index contributed by atoms with van der Waals surface area (Å²) in [6.07, 6.45) is 6.24. The maximum atomic E-state index is 3.36. The molecule has 0 fully saturated rings. The van der Waals surface area contributed by atoms with Gasteiger partial charge < -0.3 is 4.90 Å². The fraction of sp³-hybridized carbons (Fsp3) is 0.294. The molecule has 1 aliphatic rings. The molecule has 1 aliphatic heterocycles. The van der Waals surface area contributed by atoms with Crippen LogP contribution >= 0.6 is 0 Å². The lowest BCUT2D eigenvalue weighted by molar-refractivity contribution is 0.313. The van der Waals surface area contributed by atoms with E-state index in [9.17, 15) is 0 Å². The van der Waals surface area contributed by atoms with Crippen LogP contribution in [-0.2, 0) is 13.0 Å². The molecule has 0 radical (unpaired) electrons. The minimum atomic E-state index is 1.12. The largest absolute Gasteiger partial charge is 0.302 e. The zero-order valence-electron chi connectivity index (χ0n) is 11.7. The van der Waals surface area contributed by atoms with Crippen LogP contribution in [0.2, 0.25) is 0 Å². The normalized spacial score (nSPS) is 12.8. The van der Waals surface area contributed by atoms with E-state index in [2.05, 4.69) is 55.9 Å². The lowest BCUT2D eigenvalue weighted by Crippen LogP contribution is -2.26. The molecule has 0 spiro atoms. The summed E-state index contributed by atoms with van der Waals surface area (Å²) in [7, 11) is 2.18. The Bertz CT molecular complexity index is 360. The summed E-state index contributed by atoms with van der Waals surface area (Å²) < 4.78 is 0. The highest BCUT2D eigenvalue weighted by Crippen LogP contribution is 2.16. The maximum Gasteiger partial charge on any atom is 0.0233 e. The maximum absolute atomic E-state index is 3.36. The van der Waals surface area contributed by atoms with E-state index in [-0.39, 0.29) is 0 Å². The van der Waals surface area contributed by atoms with Crippen LogP contribution in [0.3, 0.4) is 0 Å². The van der Waals surface area contributed by atoms with Gasteiger partial charge in [-0.25, -0.2) is 0 Å². The van der Waals surface area contributed by atoms with Crippen molar-refractivity contribution < 1.29 is 0 Å². The molecule has 1 nitrogen and oxygen atoms in total. The molecular weight excluding hydrogens is 218 g/mol. The molecule has 18 heavy (non-hydrogen) atoms. The van der Waals surface area contributed by atoms with Crippen LogP contribution in [0, 0.1) is 0 Å². The second kappa shape index (κ2) is 10.5. The van der Waals surface area contributed by atoms with Crippen LogP contribution in [-0.4, -0.2) is 18.5 Å². The Morgan fingerprint density at radius 3 is 2.06 bits per heavy atom. The van der Waals surface area contributed by atoms with Gasteiger partial charge in [-0.15, -0.1) is 6.58 Å². The van der Waals surface area contributed by atoms with Crippen molar-refractivity contribution in [2.24, 2.45) is 0 Å². The molecule has 1 heterocycles. The quantitative estimate of drug-likeness (QED) is 0.527. The average Bonchev–Trinajstić information content (AvgIpc) is 2.40. The fourth-order valence-corrected chi connectivity index (χ4v) is 1.64. The Morgan fingerprint density at radius 1 is 1.06 bits per heavy atom. The van der Waals surface area contributed by atoms with Crippen LogP contribution in [0.1, 0.15) is 18.1 Å². The third kappa shape index (κ3) is 6.87. The van der Waals surface area contributed by atoms with Gasteiger partial charge in [0.15, 0.2) is 0 Å². The SMILES string of the molecule is C=CC.C=CC=C.CN1CCc2ccccc2C1. The standard InChI is InChI=1S/C10H13N.C4H6.C3H6/c1-11-7-6-9-4-2-3-5-10(9)8-11;1-3-4-2;1-3-2/h2-5H,6-8H2,1H3;3-4H,1-2H2;3H,1H2,2H3. The number of nitrogens with zero attached hydrogens (tertiary/aromatic N) is 1. The smallest absolute Gasteiger partial charge is 0.0233 e. The highest BCUT2D eigenvalue weighted by molar-refractivity contribution is 5.28. The van der Waals surface area contributed by atoms with Crippen molar-refractivity contribution in [1.29, 1.82) is 0 Å². The summed E-state index contributed by atoms with van der Waals surface area (Å²) in [5.41, 5.74) is 3.03. The summed E-state index contributed by atoms with van der Waals surface area (Å²) in [4.78, 5) is 2.36. The molecule has 1 heteroatoms. The second-order valence-electron chi connectivity index (χ2n) is 4.14. The van der Waals surface area contributed by atoms with E-state index in [4.69, 9.17) is 0 Å². The molecule has 0 saturated carbocycles. The first kappa shape index (κ1) is 16.4. The molecule has 0 aliphatic carbocycles. The molecule has 0 aromatic heterocycles. The van der Waals surface area contributed by atoms with Gasteiger partial charge in [0.2, 0.25) is 0 Å². The van der Waals surface area contributed by atoms with E-state index in [0.717, 1.165) is 6.54 Å². The van der Waals surface area contributed by atoms with Crippen LogP contribution in [0.5, 0.6) is 0 Å². The Hall–Kier alpha value is -1.60. The number of likely N-dealkylation sites (N-methyl/N-ethyl adjacent to an activating group) is 1. The summed E-state index contributed by atoms with van der Waals surface area (Å²) in [5.74, 6) is 0. The number of allylic oxidation sites excluding steroid dienone is 3. The number of benzene rings is 1. The van der Waals surface area contributed by atoms with Gasteiger partial charge >= 0.3 is 0 Å². The number of hydrogen-bond donors (Lipinski definition) is 0. The van der Waals surface area contributed by atoms with Crippen LogP contribution < -0.4 is 0 Å². The average molecular weight is 243 g/mol. The molecule has 2 rings (SSSR count). The molecule has 0 unspecified atom stereocenters. The topological polar surface area (TPSA) is 3.24 Å². The van der Waals surface area contributed by atoms with Gasteiger partial charge in [0.25, 0.3) is 0 Å². The van der Waals surface area contributed by atoms with Gasteiger partial charge in [-0.05, 0) is 31.5 Å². The third-order valence-electron chi connectivity index (χ3n) is 2.49. The lowest BCUT2D eigenvalue weighted by Gasteiger charge is -2.24. The van der Waals surface area contributed by atoms with Crippen molar-refractivity contribution >= 4 is 0 Å². The number of fused-ring (bicyclic) bond motifs is 1. The zero-order chi connectivity index (χ0) is 13.8. The number of hydrogen-bond acceptors (Lipinski definition) is 1. The highest BCUT2D eigenvalue weighted by Gasteiger charge is 2.10. The molecule has 0 amide bonds. The fourth-order valence-electron chi connectivity index (χ4n) is 1.64. The van der Waals surface area contributed by atoms with E-state index >= 15 is 0 Å².